The Hall–Kier alpha value is -0.940. The number of fused-ring (bicyclic) bond motifs is 1. The molecule has 3 N–H and O–H groups in total. The highest BCUT2D eigenvalue weighted by Crippen LogP contribution is 2.61. The first-order valence-electron chi connectivity index (χ1n) is 9.29. The van der Waals surface area contributed by atoms with Gasteiger partial charge in [0.1, 0.15) is 5.78 Å². The third kappa shape index (κ3) is 2.70. The van der Waals surface area contributed by atoms with Gasteiger partial charge in [-0.15, -0.1) is 0 Å². The van der Waals surface area contributed by atoms with Crippen LogP contribution in [0, 0.1) is 28.6 Å². The van der Waals surface area contributed by atoms with Crippen LogP contribution < -0.4 is 0 Å². The van der Waals surface area contributed by atoms with Crippen molar-refractivity contribution in [2.75, 3.05) is 0 Å². The molecule has 0 aromatic rings. The van der Waals surface area contributed by atoms with E-state index in [4.69, 9.17) is 0 Å². The monoisotopic (exact) mass is 338 g/mol. The van der Waals surface area contributed by atoms with Gasteiger partial charge in [-0.1, -0.05) is 13.8 Å². The smallest absolute Gasteiger partial charge is 0.303 e. The maximum absolute atomic E-state index is 12.7. The number of carbonyl (C=O) groups is 2. The van der Waals surface area contributed by atoms with Crippen molar-refractivity contribution in [1.29, 1.82) is 0 Å². The third-order valence-corrected chi connectivity index (χ3v) is 7.67. The van der Waals surface area contributed by atoms with E-state index in [9.17, 15) is 24.9 Å². The lowest BCUT2D eigenvalue weighted by Crippen LogP contribution is -2.52. The van der Waals surface area contributed by atoms with E-state index >= 15 is 0 Å². The topological polar surface area (TPSA) is 94.8 Å². The van der Waals surface area contributed by atoms with Crippen molar-refractivity contribution in [2.45, 2.75) is 77.4 Å². The summed E-state index contributed by atoms with van der Waals surface area (Å²) in [5, 5.41) is 29.7. The summed E-state index contributed by atoms with van der Waals surface area (Å²) < 4.78 is 0. The largest absolute Gasteiger partial charge is 0.481 e. The highest BCUT2D eigenvalue weighted by atomic mass is 16.4. The van der Waals surface area contributed by atoms with Gasteiger partial charge < -0.3 is 15.3 Å². The highest BCUT2D eigenvalue weighted by Gasteiger charge is 2.58. The van der Waals surface area contributed by atoms with E-state index in [2.05, 4.69) is 6.92 Å². The van der Waals surface area contributed by atoms with Crippen molar-refractivity contribution in [3.63, 3.8) is 0 Å². The molecule has 3 saturated carbocycles. The number of hydrogen-bond donors (Lipinski definition) is 3. The standard InChI is InChI=1S/C19H30O5/c1-18-8-6-14(19(2)7-5-11(20)9-16(19)22)12(10-17(23)24)13(18)3-4-15(18)21/h11-15,20-21H,3-10H2,1-2H3,(H,23,24)/t11-,12+,13-,14-,15-,18+,19-/m1/s1. The van der Waals surface area contributed by atoms with Crippen molar-refractivity contribution >= 4 is 11.8 Å². The minimum atomic E-state index is -0.817. The van der Waals surface area contributed by atoms with Crippen molar-refractivity contribution in [2.24, 2.45) is 28.6 Å². The molecule has 0 heterocycles. The first-order chi connectivity index (χ1) is 11.2. The Kier molecular flexibility index (Phi) is 4.54. The third-order valence-electron chi connectivity index (χ3n) is 7.67. The molecule has 0 bridgehead atoms. The molecular weight excluding hydrogens is 308 g/mol. The number of rotatable bonds is 3. The summed E-state index contributed by atoms with van der Waals surface area (Å²) in [4.78, 5) is 24.3. The van der Waals surface area contributed by atoms with Crippen LogP contribution in [0.2, 0.25) is 0 Å². The minimum absolute atomic E-state index is 0.0389. The first kappa shape index (κ1) is 17.9. The summed E-state index contributed by atoms with van der Waals surface area (Å²) in [7, 11) is 0. The SMILES string of the molecule is C[C@]12CC[C@@H]([C@@]3(C)CC[C@@H](O)CC3=O)[C@@H](CC(=O)O)[C@H]1CC[C@H]2O. The second-order valence-electron chi connectivity index (χ2n) is 8.85. The second-order valence-corrected chi connectivity index (χ2v) is 8.85. The molecule has 0 radical (unpaired) electrons. The molecule has 0 aromatic carbocycles. The number of hydrogen-bond acceptors (Lipinski definition) is 4. The number of aliphatic hydroxyl groups is 2. The van der Waals surface area contributed by atoms with Gasteiger partial charge in [-0.25, -0.2) is 0 Å². The van der Waals surface area contributed by atoms with E-state index in [0.29, 0.717) is 12.8 Å². The zero-order valence-electron chi connectivity index (χ0n) is 14.7. The first-order valence-corrected chi connectivity index (χ1v) is 9.29. The Morgan fingerprint density at radius 3 is 2.42 bits per heavy atom. The lowest BCUT2D eigenvalue weighted by atomic mass is 9.51. The maximum atomic E-state index is 12.7. The second kappa shape index (κ2) is 6.10. The van der Waals surface area contributed by atoms with Crippen LogP contribution in [0.15, 0.2) is 0 Å². The molecule has 0 spiro atoms. The number of aliphatic carboxylic acids is 1. The zero-order chi connectivity index (χ0) is 17.7. The molecule has 3 fully saturated rings. The van der Waals surface area contributed by atoms with Crippen LogP contribution in [-0.4, -0.2) is 39.3 Å². The molecule has 136 valence electrons. The van der Waals surface area contributed by atoms with Gasteiger partial charge in [0.2, 0.25) is 0 Å². The van der Waals surface area contributed by atoms with Crippen LogP contribution in [0.1, 0.15) is 65.2 Å². The molecular formula is C19H30O5. The number of carboxylic acid groups (broad SMARTS) is 1. The molecule has 5 heteroatoms. The Balaban J connectivity index is 1.92. The van der Waals surface area contributed by atoms with E-state index < -0.39 is 17.5 Å². The van der Waals surface area contributed by atoms with Crippen LogP contribution in [0.25, 0.3) is 0 Å². The molecule has 3 aliphatic rings. The van der Waals surface area contributed by atoms with E-state index in [1.807, 2.05) is 6.92 Å². The van der Waals surface area contributed by atoms with Crippen molar-refractivity contribution in [3.8, 4) is 0 Å². The quantitative estimate of drug-likeness (QED) is 0.734. The fraction of sp³-hybridized carbons (Fsp3) is 0.895. The molecule has 0 aliphatic heterocycles. The van der Waals surface area contributed by atoms with Gasteiger partial charge in [0.15, 0.2) is 0 Å². The van der Waals surface area contributed by atoms with Crippen molar-refractivity contribution in [3.05, 3.63) is 0 Å². The van der Waals surface area contributed by atoms with E-state index in [1.165, 1.54) is 0 Å². The summed E-state index contributed by atoms with van der Waals surface area (Å²) in [5.74, 6) is -0.593. The summed E-state index contributed by atoms with van der Waals surface area (Å²) in [6.07, 6.45) is 3.82. The Morgan fingerprint density at radius 1 is 1.08 bits per heavy atom. The van der Waals surface area contributed by atoms with Gasteiger partial charge in [-0.05, 0) is 61.7 Å². The van der Waals surface area contributed by atoms with Crippen LogP contribution >= 0.6 is 0 Å². The van der Waals surface area contributed by atoms with E-state index in [-0.39, 0.29) is 47.9 Å². The Bertz CT molecular complexity index is 532. The summed E-state index contributed by atoms with van der Waals surface area (Å²) in [5.41, 5.74) is -0.752. The van der Waals surface area contributed by atoms with Crippen LogP contribution in [-0.2, 0) is 9.59 Å². The van der Waals surface area contributed by atoms with Crippen molar-refractivity contribution < 1.29 is 24.9 Å². The zero-order valence-corrected chi connectivity index (χ0v) is 14.7. The fourth-order valence-corrected chi connectivity index (χ4v) is 6.08. The minimum Gasteiger partial charge on any atom is -0.481 e. The molecule has 0 saturated heterocycles. The van der Waals surface area contributed by atoms with E-state index in [0.717, 1.165) is 25.7 Å². The van der Waals surface area contributed by atoms with Gasteiger partial charge in [0.25, 0.3) is 0 Å². The highest BCUT2D eigenvalue weighted by molar-refractivity contribution is 5.86. The number of carbonyl (C=O) groups excluding carboxylic acids is 1. The lowest BCUT2D eigenvalue weighted by Gasteiger charge is -2.53. The van der Waals surface area contributed by atoms with Crippen LogP contribution in [0.3, 0.4) is 0 Å². The average Bonchev–Trinajstić information content (AvgIpc) is 2.79. The molecule has 24 heavy (non-hydrogen) atoms. The summed E-state index contributed by atoms with van der Waals surface area (Å²) >= 11 is 0. The van der Waals surface area contributed by atoms with Gasteiger partial charge >= 0.3 is 5.97 Å². The molecule has 5 nitrogen and oxygen atoms in total. The van der Waals surface area contributed by atoms with Crippen molar-refractivity contribution in [1.82, 2.24) is 0 Å². The molecule has 0 unspecified atom stereocenters. The van der Waals surface area contributed by atoms with Crippen LogP contribution in [0.4, 0.5) is 0 Å². The molecule has 0 aromatic heterocycles. The molecule has 3 aliphatic carbocycles. The van der Waals surface area contributed by atoms with Crippen LogP contribution in [0.5, 0.6) is 0 Å². The average molecular weight is 338 g/mol. The van der Waals surface area contributed by atoms with Gasteiger partial charge in [0, 0.05) is 18.3 Å². The van der Waals surface area contributed by atoms with Gasteiger partial charge in [0.05, 0.1) is 12.2 Å². The molecule has 3 rings (SSSR count). The maximum Gasteiger partial charge on any atom is 0.303 e. The molecule has 0 amide bonds. The van der Waals surface area contributed by atoms with Gasteiger partial charge in [-0.2, -0.15) is 0 Å². The lowest BCUT2D eigenvalue weighted by molar-refractivity contribution is -0.152. The Morgan fingerprint density at radius 2 is 1.79 bits per heavy atom. The fourth-order valence-electron chi connectivity index (χ4n) is 6.08. The van der Waals surface area contributed by atoms with E-state index in [1.54, 1.807) is 0 Å². The van der Waals surface area contributed by atoms with Gasteiger partial charge in [-0.3, -0.25) is 9.59 Å². The molecule has 7 atom stereocenters. The predicted molar refractivity (Wildman–Crippen MR) is 88.3 cm³/mol. The number of Topliss-reactive ketones (excluding diaryl/α,β-unsaturated/α-hetero) is 1. The summed E-state index contributed by atoms with van der Waals surface area (Å²) in [6.45, 7) is 4.07. The predicted octanol–water partition coefficient (Wildman–Crippen LogP) is 2.38. The summed E-state index contributed by atoms with van der Waals surface area (Å²) in [6, 6.07) is 0. The Labute approximate surface area is 143 Å². The number of carboxylic acids is 1. The number of ketones is 1. The number of aliphatic hydroxyl groups excluding tert-OH is 2. The normalized spacial score (nSPS) is 49.0.